The number of esters is 1. The average molecular weight is 237 g/mol. The highest BCUT2D eigenvalue weighted by atomic mass is 35.5. The molecule has 0 aliphatic heterocycles. The molecule has 0 aliphatic rings. The van der Waals surface area contributed by atoms with Gasteiger partial charge < -0.3 is 4.74 Å². The molecule has 0 spiro atoms. The van der Waals surface area contributed by atoms with Crippen LogP contribution >= 0.6 is 11.6 Å². The van der Waals surface area contributed by atoms with E-state index in [2.05, 4.69) is 16.6 Å². The van der Waals surface area contributed by atoms with Gasteiger partial charge in [0.2, 0.25) is 0 Å². The Morgan fingerprint density at radius 3 is 2.44 bits per heavy atom. The first kappa shape index (κ1) is 12.6. The molecule has 0 saturated carbocycles. The first-order valence-electron chi connectivity index (χ1n) is 4.87. The van der Waals surface area contributed by atoms with Gasteiger partial charge in [-0.15, -0.1) is 0 Å². The Hall–Kier alpha value is -1.46. The summed E-state index contributed by atoms with van der Waals surface area (Å²) in [6.07, 6.45) is 0.109. The van der Waals surface area contributed by atoms with Crippen LogP contribution in [0, 0.1) is 25.7 Å². The molecule has 84 valence electrons. The molecule has 2 nitrogen and oxygen atoms in total. The number of carbonyl (C=O) groups excluding carboxylic acids is 1. The van der Waals surface area contributed by atoms with Gasteiger partial charge in [0.15, 0.2) is 0 Å². The van der Waals surface area contributed by atoms with Crippen LogP contribution in [0.15, 0.2) is 12.1 Å². The van der Waals surface area contributed by atoms with Crippen LogP contribution in [-0.2, 0) is 9.53 Å². The summed E-state index contributed by atoms with van der Waals surface area (Å²) >= 11 is 5.91. The average Bonchev–Trinajstić information content (AvgIpc) is 2.21. The lowest BCUT2D eigenvalue weighted by Crippen LogP contribution is -1.97. The van der Waals surface area contributed by atoms with Gasteiger partial charge in [0, 0.05) is 10.6 Å². The van der Waals surface area contributed by atoms with Crippen LogP contribution in [-0.4, -0.2) is 13.1 Å². The van der Waals surface area contributed by atoms with Crippen LogP contribution in [0.2, 0.25) is 5.02 Å². The molecule has 0 heterocycles. The SMILES string of the molecule is COC(=O)CC#Cc1c(C)cc(Cl)cc1C. The number of ether oxygens (including phenoxy) is 1. The Balaban J connectivity index is 2.93. The van der Waals surface area contributed by atoms with Gasteiger partial charge >= 0.3 is 5.97 Å². The van der Waals surface area contributed by atoms with Gasteiger partial charge in [0.25, 0.3) is 0 Å². The van der Waals surface area contributed by atoms with E-state index in [0.29, 0.717) is 5.02 Å². The second kappa shape index (κ2) is 5.58. The van der Waals surface area contributed by atoms with Gasteiger partial charge in [-0.05, 0) is 37.1 Å². The zero-order valence-corrected chi connectivity index (χ0v) is 10.3. The van der Waals surface area contributed by atoms with Gasteiger partial charge in [0.05, 0.1) is 7.11 Å². The van der Waals surface area contributed by atoms with Gasteiger partial charge in [-0.25, -0.2) is 0 Å². The number of methoxy groups -OCH3 is 1. The topological polar surface area (TPSA) is 26.3 Å². The first-order chi connectivity index (χ1) is 7.54. The van der Waals surface area contributed by atoms with Crippen LogP contribution in [0.1, 0.15) is 23.1 Å². The summed E-state index contributed by atoms with van der Waals surface area (Å²) in [7, 11) is 1.35. The fourth-order valence-corrected chi connectivity index (χ4v) is 1.71. The van der Waals surface area contributed by atoms with Crippen molar-refractivity contribution in [2.45, 2.75) is 20.3 Å². The number of carbonyl (C=O) groups is 1. The molecular weight excluding hydrogens is 224 g/mol. The van der Waals surface area contributed by atoms with Crippen molar-refractivity contribution in [2.75, 3.05) is 7.11 Å². The third kappa shape index (κ3) is 3.29. The minimum Gasteiger partial charge on any atom is -0.468 e. The van der Waals surface area contributed by atoms with Crippen LogP contribution in [0.4, 0.5) is 0 Å². The molecule has 0 atom stereocenters. The van der Waals surface area contributed by atoms with Crippen molar-refractivity contribution in [3.8, 4) is 11.8 Å². The van der Waals surface area contributed by atoms with Crippen LogP contribution in [0.5, 0.6) is 0 Å². The Kier molecular flexibility index (Phi) is 4.39. The van der Waals surface area contributed by atoms with Crippen molar-refractivity contribution in [3.05, 3.63) is 33.8 Å². The molecule has 0 fully saturated rings. The normalized spacial score (nSPS) is 9.25. The van der Waals surface area contributed by atoms with E-state index in [1.807, 2.05) is 26.0 Å². The molecule has 0 amide bonds. The maximum absolute atomic E-state index is 10.9. The summed E-state index contributed by atoms with van der Waals surface area (Å²) in [5.41, 5.74) is 2.96. The molecule has 1 rings (SSSR count). The summed E-state index contributed by atoms with van der Waals surface area (Å²) < 4.78 is 4.51. The highest BCUT2D eigenvalue weighted by molar-refractivity contribution is 6.30. The number of aryl methyl sites for hydroxylation is 2. The number of hydrogen-bond acceptors (Lipinski definition) is 2. The molecule has 16 heavy (non-hydrogen) atoms. The maximum atomic E-state index is 10.9. The number of benzene rings is 1. The van der Waals surface area contributed by atoms with Crippen molar-refractivity contribution in [1.29, 1.82) is 0 Å². The number of halogens is 1. The van der Waals surface area contributed by atoms with E-state index in [0.717, 1.165) is 16.7 Å². The fourth-order valence-electron chi connectivity index (χ4n) is 1.38. The monoisotopic (exact) mass is 236 g/mol. The van der Waals surface area contributed by atoms with Gasteiger partial charge in [-0.2, -0.15) is 0 Å². The van der Waals surface area contributed by atoms with Gasteiger partial charge in [-0.3, -0.25) is 4.79 Å². The molecule has 0 radical (unpaired) electrons. The van der Waals surface area contributed by atoms with E-state index in [1.165, 1.54) is 7.11 Å². The maximum Gasteiger partial charge on any atom is 0.317 e. The van der Waals surface area contributed by atoms with Crippen LogP contribution in [0.25, 0.3) is 0 Å². The lowest BCUT2D eigenvalue weighted by atomic mass is 10.0. The highest BCUT2D eigenvalue weighted by Crippen LogP contribution is 2.19. The molecule has 0 unspecified atom stereocenters. The summed E-state index contributed by atoms with van der Waals surface area (Å²) in [4.78, 5) is 10.9. The zero-order chi connectivity index (χ0) is 12.1. The second-order valence-electron chi connectivity index (χ2n) is 3.47. The smallest absolute Gasteiger partial charge is 0.317 e. The molecule has 1 aromatic rings. The molecule has 0 aromatic heterocycles. The minimum atomic E-state index is -0.322. The predicted octanol–water partition coefficient (Wildman–Crippen LogP) is 2.87. The van der Waals surface area contributed by atoms with E-state index in [1.54, 1.807) is 0 Å². The Morgan fingerprint density at radius 2 is 1.94 bits per heavy atom. The number of rotatable bonds is 1. The molecule has 0 aliphatic carbocycles. The van der Waals surface area contributed by atoms with Gasteiger partial charge in [-0.1, -0.05) is 23.4 Å². The predicted molar refractivity (Wildman–Crippen MR) is 64.4 cm³/mol. The summed E-state index contributed by atoms with van der Waals surface area (Å²) in [5, 5.41) is 0.702. The Labute approximate surface area is 101 Å². The Morgan fingerprint density at radius 1 is 1.38 bits per heavy atom. The van der Waals surface area contributed by atoms with Crippen molar-refractivity contribution < 1.29 is 9.53 Å². The third-order valence-electron chi connectivity index (χ3n) is 2.17. The standard InChI is InChI=1S/C13H13ClO2/c1-9-7-11(14)8-10(2)12(9)5-4-6-13(15)16-3/h7-8H,6H2,1-3H3. The van der Waals surface area contributed by atoms with E-state index in [9.17, 15) is 4.79 Å². The van der Waals surface area contributed by atoms with Gasteiger partial charge in [0.1, 0.15) is 6.42 Å². The fraction of sp³-hybridized carbons (Fsp3) is 0.308. The quantitative estimate of drug-likeness (QED) is 0.554. The Bertz CT molecular complexity index is 444. The lowest BCUT2D eigenvalue weighted by molar-refractivity contribution is -0.139. The van der Waals surface area contributed by atoms with Crippen molar-refractivity contribution in [2.24, 2.45) is 0 Å². The summed E-state index contributed by atoms with van der Waals surface area (Å²) in [6, 6.07) is 3.72. The minimum absolute atomic E-state index is 0.109. The molecule has 0 bridgehead atoms. The van der Waals surface area contributed by atoms with Crippen LogP contribution in [0.3, 0.4) is 0 Å². The number of hydrogen-bond donors (Lipinski definition) is 0. The summed E-state index contributed by atoms with van der Waals surface area (Å²) in [6.45, 7) is 3.89. The van der Waals surface area contributed by atoms with E-state index < -0.39 is 0 Å². The summed E-state index contributed by atoms with van der Waals surface area (Å²) in [5.74, 6) is 5.43. The molecular formula is C13H13ClO2. The largest absolute Gasteiger partial charge is 0.468 e. The van der Waals surface area contributed by atoms with Crippen molar-refractivity contribution >= 4 is 17.6 Å². The highest BCUT2D eigenvalue weighted by Gasteiger charge is 2.01. The first-order valence-corrected chi connectivity index (χ1v) is 5.25. The van der Waals surface area contributed by atoms with Crippen LogP contribution < -0.4 is 0 Å². The molecule has 1 aromatic carbocycles. The van der Waals surface area contributed by atoms with E-state index >= 15 is 0 Å². The lowest BCUT2D eigenvalue weighted by Gasteiger charge is -2.03. The van der Waals surface area contributed by atoms with Crippen molar-refractivity contribution in [1.82, 2.24) is 0 Å². The van der Waals surface area contributed by atoms with E-state index in [4.69, 9.17) is 11.6 Å². The molecule has 3 heteroatoms. The molecule has 0 saturated heterocycles. The third-order valence-corrected chi connectivity index (χ3v) is 2.39. The zero-order valence-electron chi connectivity index (χ0n) is 9.56. The van der Waals surface area contributed by atoms with Crippen molar-refractivity contribution in [3.63, 3.8) is 0 Å². The second-order valence-corrected chi connectivity index (χ2v) is 3.91. The van der Waals surface area contributed by atoms with E-state index in [-0.39, 0.29) is 12.4 Å². The molecule has 0 N–H and O–H groups in total.